The topological polar surface area (TPSA) is 37.8 Å². The quantitative estimate of drug-likeness (QED) is 0.874. The first-order valence-corrected chi connectivity index (χ1v) is 7.40. The molecule has 0 aliphatic rings. The summed E-state index contributed by atoms with van der Waals surface area (Å²) in [7, 11) is 0. The Morgan fingerprint density at radius 2 is 2.05 bits per heavy atom. The predicted molar refractivity (Wildman–Crippen MR) is 83.2 cm³/mol. The molecule has 2 aromatic rings. The Labute approximate surface area is 129 Å². The smallest absolute Gasteiger partial charge is 0.0544 e. The Bertz CT molecular complexity index is 546. The Balaban J connectivity index is 2.19. The lowest BCUT2D eigenvalue weighted by atomic mass is 10.0. The second-order valence-electron chi connectivity index (χ2n) is 4.62. The number of nitrogens with one attached hydrogen (secondary N) is 1. The van der Waals surface area contributed by atoms with Crippen LogP contribution in [-0.4, -0.2) is 16.7 Å². The standard InChI is InChI=1S/C15H17Cl2N3/c1-2-6-18-15(12-5-7-19-20-10-12)8-11-3-4-13(16)9-14(11)17/h3-5,7,9-10,15,18H,2,6,8H2,1H3. The van der Waals surface area contributed by atoms with E-state index >= 15 is 0 Å². The molecule has 1 aromatic heterocycles. The molecule has 1 atom stereocenters. The third-order valence-electron chi connectivity index (χ3n) is 3.09. The van der Waals surface area contributed by atoms with Gasteiger partial charge in [-0.3, -0.25) is 0 Å². The molecule has 0 bridgehead atoms. The monoisotopic (exact) mass is 309 g/mol. The molecule has 0 saturated carbocycles. The summed E-state index contributed by atoms with van der Waals surface area (Å²) in [5.74, 6) is 0. The molecular weight excluding hydrogens is 293 g/mol. The Kier molecular flexibility index (Phi) is 5.77. The van der Waals surface area contributed by atoms with Crippen molar-refractivity contribution >= 4 is 23.2 Å². The zero-order chi connectivity index (χ0) is 14.4. The number of hydrogen-bond acceptors (Lipinski definition) is 3. The molecular formula is C15H17Cl2N3. The largest absolute Gasteiger partial charge is 0.310 e. The lowest BCUT2D eigenvalue weighted by molar-refractivity contribution is 0.527. The van der Waals surface area contributed by atoms with Crippen LogP contribution in [0, 0.1) is 0 Å². The van der Waals surface area contributed by atoms with Gasteiger partial charge in [0, 0.05) is 22.3 Å². The summed E-state index contributed by atoms with van der Waals surface area (Å²) < 4.78 is 0. The average molecular weight is 310 g/mol. The van der Waals surface area contributed by atoms with E-state index in [0.717, 1.165) is 30.5 Å². The molecule has 1 N–H and O–H groups in total. The van der Waals surface area contributed by atoms with Crippen LogP contribution >= 0.6 is 23.2 Å². The third-order valence-corrected chi connectivity index (χ3v) is 3.68. The van der Waals surface area contributed by atoms with E-state index in [2.05, 4.69) is 22.4 Å². The number of hydrogen-bond donors (Lipinski definition) is 1. The molecule has 0 aliphatic heterocycles. The number of aromatic nitrogens is 2. The van der Waals surface area contributed by atoms with Gasteiger partial charge in [-0.1, -0.05) is 36.2 Å². The molecule has 20 heavy (non-hydrogen) atoms. The molecule has 0 radical (unpaired) electrons. The zero-order valence-electron chi connectivity index (χ0n) is 11.3. The fourth-order valence-electron chi connectivity index (χ4n) is 2.04. The molecule has 2 rings (SSSR count). The van der Waals surface area contributed by atoms with Gasteiger partial charge in [0.2, 0.25) is 0 Å². The first kappa shape index (κ1) is 15.2. The Morgan fingerprint density at radius 1 is 1.20 bits per heavy atom. The fourth-order valence-corrected chi connectivity index (χ4v) is 2.53. The number of benzene rings is 1. The summed E-state index contributed by atoms with van der Waals surface area (Å²) in [6.07, 6.45) is 5.36. The molecule has 106 valence electrons. The van der Waals surface area contributed by atoms with Crippen molar-refractivity contribution in [2.45, 2.75) is 25.8 Å². The van der Waals surface area contributed by atoms with Crippen LogP contribution in [0.2, 0.25) is 10.0 Å². The zero-order valence-corrected chi connectivity index (χ0v) is 12.8. The van der Waals surface area contributed by atoms with Gasteiger partial charge < -0.3 is 5.32 Å². The average Bonchev–Trinajstić information content (AvgIpc) is 2.46. The van der Waals surface area contributed by atoms with Gasteiger partial charge in [0.15, 0.2) is 0 Å². The number of rotatable bonds is 6. The van der Waals surface area contributed by atoms with E-state index in [4.69, 9.17) is 23.2 Å². The molecule has 0 aliphatic carbocycles. The van der Waals surface area contributed by atoms with Crippen LogP contribution in [-0.2, 0) is 6.42 Å². The van der Waals surface area contributed by atoms with Crippen molar-refractivity contribution in [1.29, 1.82) is 0 Å². The predicted octanol–water partition coefficient (Wildman–Crippen LogP) is 4.07. The molecule has 1 unspecified atom stereocenters. The second kappa shape index (κ2) is 7.58. The maximum Gasteiger partial charge on any atom is 0.0544 e. The third kappa shape index (κ3) is 4.17. The molecule has 5 heteroatoms. The molecule has 1 aromatic carbocycles. The van der Waals surface area contributed by atoms with Crippen LogP contribution in [0.3, 0.4) is 0 Å². The van der Waals surface area contributed by atoms with Crippen LogP contribution in [0.5, 0.6) is 0 Å². The summed E-state index contributed by atoms with van der Waals surface area (Å²) in [6.45, 7) is 3.09. The Morgan fingerprint density at radius 3 is 2.70 bits per heavy atom. The van der Waals surface area contributed by atoms with E-state index in [0.29, 0.717) is 10.0 Å². The van der Waals surface area contributed by atoms with Crippen molar-refractivity contribution < 1.29 is 0 Å². The van der Waals surface area contributed by atoms with Gasteiger partial charge in [-0.25, -0.2) is 0 Å². The first-order chi connectivity index (χ1) is 9.70. The molecule has 0 saturated heterocycles. The summed E-state index contributed by atoms with van der Waals surface area (Å²) in [6, 6.07) is 7.76. The highest BCUT2D eigenvalue weighted by molar-refractivity contribution is 6.35. The van der Waals surface area contributed by atoms with Crippen LogP contribution < -0.4 is 5.32 Å². The SMILES string of the molecule is CCCNC(Cc1ccc(Cl)cc1Cl)c1ccnnc1. The van der Waals surface area contributed by atoms with Gasteiger partial charge in [-0.05, 0) is 48.7 Å². The van der Waals surface area contributed by atoms with Crippen molar-refractivity contribution in [3.63, 3.8) is 0 Å². The fraction of sp³-hybridized carbons (Fsp3) is 0.333. The number of halogens is 2. The van der Waals surface area contributed by atoms with Gasteiger partial charge >= 0.3 is 0 Å². The van der Waals surface area contributed by atoms with Gasteiger partial charge in [0.25, 0.3) is 0 Å². The molecule has 0 fully saturated rings. The van der Waals surface area contributed by atoms with Crippen molar-refractivity contribution in [3.8, 4) is 0 Å². The van der Waals surface area contributed by atoms with Crippen molar-refractivity contribution in [2.75, 3.05) is 6.54 Å². The lowest BCUT2D eigenvalue weighted by Crippen LogP contribution is -2.24. The minimum Gasteiger partial charge on any atom is -0.310 e. The van der Waals surface area contributed by atoms with E-state index in [-0.39, 0.29) is 6.04 Å². The summed E-state index contributed by atoms with van der Waals surface area (Å²) >= 11 is 12.2. The van der Waals surface area contributed by atoms with Gasteiger partial charge in [0.05, 0.1) is 6.20 Å². The second-order valence-corrected chi connectivity index (χ2v) is 5.47. The summed E-state index contributed by atoms with van der Waals surface area (Å²) in [5, 5.41) is 12.6. The Hall–Kier alpha value is -1.16. The van der Waals surface area contributed by atoms with Crippen molar-refractivity contribution in [2.24, 2.45) is 0 Å². The van der Waals surface area contributed by atoms with Gasteiger partial charge in [-0.15, -0.1) is 0 Å². The lowest BCUT2D eigenvalue weighted by Gasteiger charge is -2.19. The molecule has 0 amide bonds. The first-order valence-electron chi connectivity index (χ1n) is 6.64. The van der Waals surface area contributed by atoms with Crippen LogP contribution in [0.1, 0.15) is 30.5 Å². The minimum absolute atomic E-state index is 0.170. The maximum atomic E-state index is 6.25. The molecule has 0 spiro atoms. The van der Waals surface area contributed by atoms with Crippen LogP contribution in [0.4, 0.5) is 0 Å². The van der Waals surface area contributed by atoms with Crippen molar-refractivity contribution in [1.82, 2.24) is 15.5 Å². The van der Waals surface area contributed by atoms with Crippen LogP contribution in [0.25, 0.3) is 0 Å². The number of nitrogens with zero attached hydrogens (tertiary/aromatic N) is 2. The summed E-state index contributed by atoms with van der Waals surface area (Å²) in [5.41, 5.74) is 2.18. The van der Waals surface area contributed by atoms with Crippen LogP contribution in [0.15, 0.2) is 36.7 Å². The normalized spacial score (nSPS) is 12.3. The molecule has 1 heterocycles. The highest BCUT2D eigenvalue weighted by atomic mass is 35.5. The van der Waals surface area contributed by atoms with Gasteiger partial charge in [-0.2, -0.15) is 10.2 Å². The van der Waals surface area contributed by atoms with E-state index in [9.17, 15) is 0 Å². The summed E-state index contributed by atoms with van der Waals surface area (Å²) in [4.78, 5) is 0. The van der Waals surface area contributed by atoms with Gasteiger partial charge in [0.1, 0.15) is 0 Å². The van der Waals surface area contributed by atoms with E-state index in [1.165, 1.54) is 0 Å². The van der Waals surface area contributed by atoms with Crippen molar-refractivity contribution in [3.05, 3.63) is 57.8 Å². The highest BCUT2D eigenvalue weighted by Gasteiger charge is 2.14. The van der Waals surface area contributed by atoms with E-state index < -0.39 is 0 Å². The highest BCUT2D eigenvalue weighted by Crippen LogP contribution is 2.25. The minimum atomic E-state index is 0.170. The van der Waals surface area contributed by atoms with E-state index in [1.807, 2.05) is 18.2 Å². The molecule has 3 nitrogen and oxygen atoms in total. The van der Waals surface area contributed by atoms with E-state index in [1.54, 1.807) is 18.5 Å². The maximum absolute atomic E-state index is 6.25.